The van der Waals surface area contributed by atoms with Crippen molar-refractivity contribution in [2.24, 2.45) is 16.6 Å². The Kier molecular flexibility index (Phi) is 13.5. The quantitative estimate of drug-likeness (QED) is 0.0738. The van der Waals surface area contributed by atoms with Crippen LogP contribution in [0.3, 0.4) is 0 Å². The molecule has 8 N–H and O–H groups in total. The number of nitro groups is 1. The van der Waals surface area contributed by atoms with Crippen LogP contribution in [0.1, 0.15) is 25.3 Å². The number of aliphatic hydroxyl groups is 1. The molecule has 31 heavy (non-hydrogen) atoms. The third-order valence-corrected chi connectivity index (χ3v) is 4.13. The lowest BCUT2D eigenvalue weighted by Crippen LogP contribution is -2.53. The maximum atomic E-state index is 12.3. The van der Waals surface area contributed by atoms with Gasteiger partial charge in [0.15, 0.2) is 11.1 Å². The molecule has 1 aromatic carbocycles. The van der Waals surface area contributed by atoms with E-state index in [1.165, 1.54) is 6.92 Å². The number of amides is 2. The zero-order valence-corrected chi connectivity index (χ0v) is 18.0. The SMILES string of the molecule is C[C@H](N)C(=O)N[C@@H](CCCN/C(N)=N/[N+](=O)[O-])C(O)C(=O)NCCc1ccccc1.Cl. The number of nitrogens with zero attached hydrogens (tertiary/aromatic N) is 2. The van der Waals surface area contributed by atoms with Gasteiger partial charge in [-0.25, -0.2) is 10.1 Å². The maximum absolute atomic E-state index is 12.3. The number of guanidine groups is 1. The molecule has 174 valence electrons. The van der Waals surface area contributed by atoms with E-state index in [1.54, 1.807) is 0 Å². The Morgan fingerprint density at radius 2 is 1.84 bits per heavy atom. The van der Waals surface area contributed by atoms with Gasteiger partial charge in [-0.3, -0.25) is 9.59 Å². The molecular weight excluding hydrogens is 430 g/mol. The molecule has 0 aromatic heterocycles. The number of halogens is 1. The number of benzene rings is 1. The topological polar surface area (TPSA) is 198 Å². The van der Waals surface area contributed by atoms with Crippen molar-refractivity contribution in [2.45, 2.75) is 44.4 Å². The summed E-state index contributed by atoms with van der Waals surface area (Å²) < 4.78 is 0. The molecule has 1 rings (SSSR count). The van der Waals surface area contributed by atoms with Gasteiger partial charge in [0.25, 0.3) is 11.9 Å². The first-order valence-electron chi connectivity index (χ1n) is 9.48. The second-order valence-electron chi connectivity index (χ2n) is 6.67. The molecular formula is C18H30ClN7O5. The van der Waals surface area contributed by atoms with Gasteiger partial charge in [0.2, 0.25) is 5.91 Å². The molecule has 0 bridgehead atoms. The van der Waals surface area contributed by atoms with E-state index in [2.05, 4.69) is 21.1 Å². The summed E-state index contributed by atoms with van der Waals surface area (Å²) in [6.07, 6.45) is -0.362. The first-order valence-corrected chi connectivity index (χ1v) is 9.48. The number of rotatable bonds is 12. The number of hydrogen-bond donors (Lipinski definition) is 6. The summed E-state index contributed by atoms with van der Waals surface area (Å²) in [6, 6.07) is 7.82. The average Bonchev–Trinajstić information content (AvgIpc) is 2.69. The van der Waals surface area contributed by atoms with Crippen molar-refractivity contribution in [3.05, 3.63) is 46.0 Å². The van der Waals surface area contributed by atoms with Crippen molar-refractivity contribution in [3.8, 4) is 0 Å². The molecule has 0 aliphatic carbocycles. The lowest BCUT2D eigenvalue weighted by Gasteiger charge is -2.24. The zero-order chi connectivity index (χ0) is 22.5. The maximum Gasteiger partial charge on any atom is 0.266 e. The molecule has 13 heteroatoms. The van der Waals surface area contributed by atoms with E-state index in [0.29, 0.717) is 19.4 Å². The minimum Gasteiger partial charge on any atom is -0.381 e. The Labute approximate surface area is 186 Å². The Morgan fingerprint density at radius 1 is 1.19 bits per heavy atom. The van der Waals surface area contributed by atoms with E-state index >= 15 is 0 Å². The first kappa shape index (κ1) is 28.0. The zero-order valence-electron chi connectivity index (χ0n) is 17.2. The minimum atomic E-state index is -1.49. The van der Waals surface area contributed by atoms with E-state index < -0.39 is 35.0 Å². The number of carbonyl (C=O) groups excluding carboxylic acids is 2. The van der Waals surface area contributed by atoms with Gasteiger partial charge in [0.05, 0.1) is 12.1 Å². The van der Waals surface area contributed by atoms with E-state index in [-0.39, 0.29) is 31.3 Å². The summed E-state index contributed by atoms with van der Waals surface area (Å²) in [5.41, 5.74) is 11.9. The lowest BCUT2D eigenvalue weighted by molar-refractivity contribution is -0.485. The summed E-state index contributed by atoms with van der Waals surface area (Å²) >= 11 is 0. The summed E-state index contributed by atoms with van der Waals surface area (Å²) in [5.74, 6) is -1.50. The Bertz CT molecular complexity index is 733. The predicted octanol–water partition coefficient (Wildman–Crippen LogP) is -1.16. The lowest BCUT2D eigenvalue weighted by atomic mass is 10.0. The van der Waals surface area contributed by atoms with E-state index in [9.17, 15) is 24.8 Å². The summed E-state index contributed by atoms with van der Waals surface area (Å²) in [5, 5.41) is 30.3. The highest BCUT2D eigenvalue weighted by molar-refractivity contribution is 5.85. The highest BCUT2D eigenvalue weighted by Crippen LogP contribution is 2.05. The molecule has 0 heterocycles. The third kappa shape index (κ3) is 11.7. The number of nitrogens with two attached hydrogens (primary N) is 2. The van der Waals surface area contributed by atoms with Gasteiger partial charge in [0, 0.05) is 13.1 Å². The van der Waals surface area contributed by atoms with E-state index in [0.717, 1.165) is 5.56 Å². The van der Waals surface area contributed by atoms with Crippen LogP contribution in [0.2, 0.25) is 0 Å². The van der Waals surface area contributed by atoms with Crippen molar-refractivity contribution in [3.63, 3.8) is 0 Å². The standard InChI is InChI=1S/C18H29N7O5.ClH/c1-12(19)16(27)23-14(8-5-10-22-18(20)24-25(29)30)15(26)17(28)21-11-9-13-6-3-2-4-7-13;/h2-4,6-7,12,14-15,26H,5,8-11,19H2,1H3,(H,21,28)(H,23,27)(H3,20,22,24);1H/t12-,14-,15?;/m0./s1. The van der Waals surface area contributed by atoms with Crippen LogP contribution in [0, 0.1) is 10.1 Å². The van der Waals surface area contributed by atoms with Gasteiger partial charge >= 0.3 is 0 Å². The molecule has 2 amide bonds. The largest absolute Gasteiger partial charge is 0.381 e. The number of hydrazone groups is 1. The van der Waals surface area contributed by atoms with Crippen LogP contribution in [-0.4, -0.2) is 59.2 Å². The molecule has 0 aliphatic rings. The normalized spacial score (nSPS) is 13.8. The van der Waals surface area contributed by atoms with Gasteiger partial charge in [-0.2, -0.15) is 0 Å². The molecule has 12 nitrogen and oxygen atoms in total. The highest BCUT2D eigenvalue weighted by Gasteiger charge is 2.27. The van der Waals surface area contributed by atoms with E-state index in [1.807, 2.05) is 30.3 Å². The van der Waals surface area contributed by atoms with Crippen LogP contribution < -0.4 is 27.4 Å². The first-order chi connectivity index (χ1) is 14.2. The number of hydrogen-bond acceptors (Lipinski definition) is 6. The molecule has 3 atom stereocenters. The van der Waals surface area contributed by atoms with Gasteiger partial charge in [-0.05, 0) is 31.7 Å². The van der Waals surface area contributed by atoms with Gasteiger partial charge in [-0.15, -0.1) is 12.4 Å². The molecule has 0 saturated heterocycles. The minimum absolute atomic E-state index is 0. The average molecular weight is 460 g/mol. The van der Waals surface area contributed by atoms with Crippen LogP contribution in [0.4, 0.5) is 0 Å². The summed E-state index contributed by atoms with van der Waals surface area (Å²) in [6.45, 7) is 1.99. The molecule has 1 unspecified atom stereocenters. The van der Waals surface area contributed by atoms with Crippen LogP contribution in [0.25, 0.3) is 0 Å². The second-order valence-corrected chi connectivity index (χ2v) is 6.67. The highest BCUT2D eigenvalue weighted by atomic mass is 35.5. The third-order valence-electron chi connectivity index (χ3n) is 4.13. The van der Waals surface area contributed by atoms with E-state index in [4.69, 9.17) is 11.5 Å². The fourth-order valence-electron chi connectivity index (χ4n) is 2.55. The monoisotopic (exact) mass is 459 g/mol. The van der Waals surface area contributed by atoms with Crippen LogP contribution in [0.15, 0.2) is 35.4 Å². The number of nitrogens with one attached hydrogen (secondary N) is 3. The van der Waals surface area contributed by atoms with Crippen LogP contribution in [-0.2, 0) is 16.0 Å². The molecule has 0 radical (unpaired) electrons. The Hall–Kier alpha value is -2.96. The number of carbonyl (C=O) groups is 2. The molecule has 0 fully saturated rings. The van der Waals surface area contributed by atoms with Crippen LogP contribution in [0.5, 0.6) is 0 Å². The van der Waals surface area contributed by atoms with Gasteiger partial charge in [-0.1, -0.05) is 30.3 Å². The van der Waals surface area contributed by atoms with Gasteiger partial charge in [0.1, 0.15) is 5.10 Å². The Morgan fingerprint density at radius 3 is 2.42 bits per heavy atom. The predicted molar refractivity (Wildman–Crippen MR) is 118 cm³/mol. The molecule has 1 aromatic rings. The van der Waals surface area contributed by atoms with Crippen molar-refractivity contribution < 1.29 is 19.7 Å². The van der Waals surface area contributed by atoms with Crippen molar-refractivity contribution in [2.75, 3.05) is 13.1 Å². The van der Waals surface area contributed by atoms with Crippen molar-refractivity contribution in [1.29, 1.82) is 0 Å². The fourth-order valence-corrected chi connectivity index (χ4v) is 2.55. The smallest absolute Gasteiger partial charge is 0.266 e. The van der Waals surface area contributed by atoms with Gasteiger partial charge < -0.3 is 32.5 Å². The molecule has 0 spiro atoms. The fraction of sp³-hybridized carbons (Fsp3) is 0.500. The van der Waals surface area contributed by atoms with Crippen molar-refractivity contribution in [1.82, 2.24) is 16.0 Å². The summed E-state index contributed by atoms with van der Waals surface area (Å²) in [7, 11) is 0. The molecule has 0 aliphatic heterocycles. The van der Waals surface area contributed by atoms with Crippen LogP contribution >= 0.6 is 12.4 Å². The second kappa shape index (κ2) is 14.9. The summed E-state index contributed by atoms with van der Waals surface area (Å²) in [4.78, 5) is 34.5. The number of aliphatic hydroxyl groups excluding tert-OH is 1. The Balaban J connectivity index is 0.00000900. The molecule has 0 saturated carbocycles. The van der Waals surface area contributed by atoms with Crippen molar-refractivity contribution >= 4 is 30.2 Å².